The second-order valence-electron chi connectivity index (χ2n) is 19.2. The molecule has 3 rings (SSSR count). The van der Waals surface area contributed by atoms with Gasteiger partial charge in [-0.1, -0.05) is 175 Å². The van der Waals surface area contributed by atoms with E-state index in [2.05, 4.69) is 108 Å². The lowest BCUT2D eigenvalue weighted by Crippen LogP contribution is -2.25. The summed E-state index contributed by atoms with van der Waals surface area (Å²) in [6.07, 6.45) is 29.4. The van der Waals surface area contributed by atoms with Crippen LogP contribution in [0.1, 0.15) is 199 Å². The van der Waals surface area contributed by atoms with Gasteiger partial charge in [0.1, 0.15) is 11.4 Å². The predicted molar refractivity (Wildman–Crippen MR) is 261 cm³/mol. The molecule has 0 bridgehead atoms. The third kappa shape index (κ3) is 21.8. The molecule has 0 fully saturated rings. The van der Waals surface area contributed by atoms with Crippen molar-refractivity contribution in [1.82, 2.24) is 0 Å². The normalized spacial score (nSPS) is 12.6. The van der Waals surface area contributed by atoms with Crippen LogP contribution in [0.5, 0.6) is 5.75 Å². The van der Waals surface area contributed by atoms with E-state index in [1.54, 1.807) is 0 Å². The molecule has 0 radical (unpaired) electrons. The Kier molecular flexibility index (Phi) is 25.1. The minimum absolute atomic E-state index is 0.288. The zero-order valence-electron chi connectivity index (χ0n) is 40.1. The van der Waals surface area contributed by atoms with E-state index in [1.165, 1.54) is 140 Å². The van der Waals surface area contributed by atoms with E-state index in [0.717, 1.165) is 59.8 Å². The van der Waals surface area contributed by atoms with Crippen molar-refractivity contribution in [2.24, 2.45) is 31.8 Å². The van der Waals surface area contributed by atoms with Crippen LogP contribution in [0.15, 0.2) is 75.1 Å². The number of benzene rings is 3. The van der Waals surface area contributed by atoms with Gasteiger partial charge in [0.15, 0.2) is 0 Å². The fraction of sp³-hybridized carbons (Fsp3) is 0.667. The maximum Gasteiger partial charge on any atom is 0.149 e. The zero-order chi connectivity index (χ0) is 43.4. The van der Waals surface area contributed by atoms with Crippen molar-refractivity contribution in [3.05, 3.63) is 71.3 Å². The third-order valence-electron chi connectivity index (χ3n) is 11.8. The van der Waals surface area contributed by atoms with Crippen LogP contribution in [0.3, 0.4) is 0 Å². The molecule has 0 amide bonds. The molecule has 3 aromatic carbocycles. The van der Waals surface area contributed by atoms with E-state index in [1.807, 2.05) is 24.3 Å². The van der Waals surface area contributed by atoms with Gasteiger partial charge < -0.3 is 9.64 Å². The summed E-state index contributed by atoms with van der Waals surface area (Å²) in [7, 11) is 0. The van der Waals surface area contributed by atoms with E-state index < -0.39 is 0 Å². The lowest BCUT2D eigenvalue weighted by Gasteiger charge is -2.26. The average molecular weight is 822 g/mol. The van der Waals surface area contributed by atoms with Crippen LogP contribution in [0, 0.1) is 32.1 Å². The minimum atomic E-state index is 0.288. The number of rotatable bonds is 32. The molecule has 0 aliphatic carbocycles. The quantitative estimate of drug-likeness (QED) is 0.0465. The highest BCUT2D eigenvalue weighted by Gasteiger charge is 2.16. The van der Waals surface area contributed by atoms with E-state index in [4.69, 9.17) is 15.0 Å². The molecule has 6 heteroatoms. The molecule has 1 atom stereocenters. The summed E-state index contributed by atoms with van der Waals surface area (Å²) in [5, 5.41) is 18.8. The van der Waals surface area contributed by atoms with Gasteiger partial charge in [0.2, 0.25) is 0 Å². The third-order valence-corrected chi connectivity index (χ3v) is 11.8. The van der Waals surface area contributed by atoms with Crippen molar-refractivity contribution >= 4 is 28.4 Å². The van der Waals surface area contributed by atoms with Crippen molar-refractivity contribution in [2.75, 3.05) is 24.6 Å². The van der Waals surface area contributed by atoms with Gasteiger partial charge >= 0.3 is 0 Å². The number of hydrogen-bond acceptors (Lipinski definition) is 6. The smallest absolute Gasteiger partial charge is 0.149 e. The topological polar surface area (TPSA) is 61.9 Å². The lowest BCUT2D eigenvalue weighted by molar-refractivity contribution is 0.241. The largest absolute Gasteiger partial charge is 0.491 e. The Morgan fingerprint density at radius 2 is 1.02 bits per heavy atom. The van der Waals surface area contributed by atoms with Gasteiger partial charge in [0.25, 0.3) is 0 Å². The Morgan fingerprint density at radius 3 is 1.53 bits per heavy atom. The van der Waals surface area contributed by atoms with Crippen molar-refractivity contribution in [1.29, 1.82) is 0 Å². The van der Waals surface area contributed by atoms with Gasteiger partial charge in [-0.05, 0) is 105 Å². The standard InChI is InChI=1S/C54H87N5O/c1-10-12-14-16-18-20-22-24-26-28-37-59(38-29-27-25-23-21-19-17-15-13-11-2)49-34-35-50(46(5)40-49)56-58-52-41-47(6)51(57-55-48-32-30-44(3)31-33-48)42-53(52)60-39-36-45(4)43-54(7,8)9/h30-35,40-42,45H,10-29,36-39,43H2,1-9H3. The fourth-order valence-electron chi connectivity index (χ4n) is 8.21. The molecule has 0 saturated heterocycles. The molecule has 60 heavy (non-hydrogen) atoms. The summed E-state index contributed by atoms with van der Waals surface area (Å²) in [5.41, 5.74) is 8.14. The first kappa shape index (κ1) is 50.8. The summed E-state index contributed by atoms with van der Waals surface area (Å²) in [4.78, 5) is 2.64. The van der Waals surface area contributed by atoms with Gasteiger partial charge in [-0.15, -0.1) is 5.11 Å². The van der Waals surface area contributed by atoms with Gasteiger partial charge in [0.05, 0.1) is 23.7 Å². The summed E-state index contributed by atoms with van der Waals surface area (Å²) in [6.45, 7) is 23.0. The zero-order valence-corrected chi connectivity index (χ0v) is 40.1. The molecule has 6 nitrogen and oxygen atoms in total. The van der Waals surface area contributed by atoms with Gasteiger partial charge in [-0.3, -0.25) is 0 Å². The van der Waals surface area contributed by atoms with E-state index in [9.17, 15) is 0 Å². The first-order chi connectivity index (χ1) is 29.0. The number of nitrogens with zero attached hydrogens (tertiary/aromatic N) is 5. The lowest BCUT2D eigenvalue weighted by atomic mass is 9.84. The molecule has 0 aromatic heterocycles. The molecular weight excluding hydrogens is 735 g/mol. The monoisotopic (exact) mass is 822 g/mol. The number of aryl methyl sites for hydroxylation is 3. The Bertz CT molecular complexity index is 1610. The number of hydrogen-bond donors (Lipinski definition) is 0. The first-order valence-corrected chi connectivity index (χ1v) is 24.5. The molecule has 0 saturated carbocycles. The van der Waals surface area contributed by atoms with E-state index >= 15 is 0 Å². The minimum Gasteiger partial charge on any atom is -0.491 e. The summed E-state index contributed by atoms with van der Waals surface area (Å²) >= 11 is 0. The Morgan fingerprint density at radius 1 is 0.533 bits per heavy atom. The molecular formula is C54H87N5O. The molecule has 0 aliphatic rings. The van der Waals surface area contributed by atoms with Crippen LogP contribution in [-0.2, 0) is 0 Å². The second-order valence-corrected chi connectivity index (χ2v) is 19.2. The highest BCUT2D eigenvalue weighted by atomic mass is 16.5. The molecule has 1 unspecified atom stereocenters. The molecule has 0 N–H and O–H groups in total. The van der Waals surface area contributed by atoms with Crippen molar-refractivity contribution < 1.29 is 4.74 Å². The van der Waals surface area contributed by atoms with Crippen LogP contribution >= 0.6 is 0 Å². The average Bonchev–Trinajstić information content (AvgIpc) is 3.21. The van der Waals surface area contributed by atoms with Crippen LogP contribution in [0.2, 0.25) is 0 Å². The molecule has 334 valence electrons. The van der Waals surface area contributed by atoms with Crippen LogP contribution in [0.4, 0.5) is 28.4 Å². The fourth-order valence-corrected chi connectivity index (χ4v) is 8.21. The number of ether oxygens (including phenoxy) is 1. The Labute approximate surface area is 368 Å². The maximum atomic E-state index is 6.47. The molecule has 0 heterocycles. The summed E-state index contributed by atoms with van der Waals surface area (Å²) < 4.78 is 6.47. The van der Waals surface area contributed by atoms with Gasteiger partial charge in [0, 0.05) is 24.8 Å². The van der Waals surface area contributed by atoms with E-state index in [-0.39, 0.29) is 5.41 Å². The SMILES string of the molecule is CCCCCCCCCCCCN(CCCCCCCCCCCC)c1ccc(N=Nc2cc(C)c(N=Nc3ccc(C)cc3)cc2OCCC(C)CC(C)(C)C)c(C)c1. The Hall–Kier alpha value is -3.54. The van der Waals surface area contributed by atoms with Crippen LogP contribution in [-0.4, -0.2) is 19.7 Å². The Balaban J connectivity index is 1.71. The molecule has 0 spiro atoms. The van der Waals surface area contributed by atoms with Crippen molar-refractivity contribution in [3.8, 4) is 5.75 Å². The second kappa shape index (κ2) is 29.7. The predicted octanol–water partition coefficient (Wildman–Crippen LogP) is 18.9. The summed E-state index contributed by atoms with van der Waals surface area (Å²) in [5.74, 6) is 1.25. The molecule has 3 aromatic rings. The highest BCUT2D eigenvalue weighted by molar-refractivity contribution is 5.63. The maximum absolute atomic E-state index is 6.47. The van der Waals surface area contributed by atoms with Crippen LogP contribution < -0.4 is 9.64 Å². The highest BCUT2D eigenvalue weighted by Crippen LogP contribution is 2.38. The van der Waals surface area contributed by atoms with Gasteiger partial charge in [-0.25, -0.2) is 0 Å². The van der Waals surface area contributed by atoms with Crippen molar-refractivity contribution in [2.45, 2.75) is 204 Å². The van der Waals surface area contributed by atoms with Gasteiger partial charge in [-0.2, -0.15) is 15.3 Å². The summed E-state index contributed by atoms with van der Waals surface area (Å²) in [6, 6.07) is 18.9. The number of anilines is 1. The molecule has 0 aliphatic heterocycles. The number of azo groups is 2. The first-order valence-electron chi connectivity index (χ1n) is 24.5. The van der Waals surface area contributed by atoms with Crippen LogP contribution in [0.25, 0.3) is 0 Å². The van der Waals surface area contributed by atoms with E-state index in [0.29, 0.717) is 18.3 Å². The van der Waals surface area contributed by atoms with Crippen molar-refractivity contribution in [3.63, 3.8) is 0 Å². The number of unbranched alkanes of at least 4 members (excludes halogenated alkanes) is 18.